The number of aromatic nitrogens is 1. The van der Waals surface area contributed by atoms with Crippen molar-refractivity contribution in [3.8, 4) is 0 Å². The van der Waals surface area contributed by atoms with E-state index in [1.54, 1.807) is 0 Å². The Morgan fingerprint density at radius 2 is 2.00 bits per heavy atom. The largest absolute Gasteiger partial charge is 0.363 e. The normalized spacial score (nSPS) is 17.7. The average molecular weight is 352 g/mol. The number of hydrogen-bond donors (Lipinski definition) is 1. The van der Waals surface area contributed by atoms with Gasteiger partial charge in [-0.25, -0.2) is 4.98 Å². The lowest BCUT2D eigenvalue weighted by atomic mass is 9.96. The maximum absolute atomic E-state index is 12.6. The van der Waals surface area contributed by atoms with E-state index >= 15 is 0 Å². The van der Waals surface area contributed by atoms with Crippen LogP contribution in [0.3, 0.4) is 0 Å². The summed E-state index contributed by atoms with van der Waals surface area (Å²) in [6.07, 6.45) is 3.87. The van der Waals surface area contributed by atoms with Gasteiger partial charge in [-0.3, -0.25) is 9.69 Å². The number of amides is 1. The summed E-state index contributed by atoms with van der Waals surface area (Å²) in [5.41, 5.74) is 2.33. The van der Waals surface area contributed by atoms with Crippen molar-refractivity contribution in [1.29, 1.82) is 0 Å². The Bertz CT molecular complexity index is 700. The van der Waals surface area contributed by atoms with Crippen LogP contribution in [-0.4, -0.2) is 43.0 Å². The predicted molar refractivity (Wildman–Crippen MR) is 105 cm³/mol. The highest BCUT2D eigenvalue weighted by molar-refractivity contribution is 5.79. The van der Waals surface area contributed by atoms with Gasteiger partial charge in [0.15, 0.2) is 0 Å². The zero-order valence-electron chi connectivity index (χ0n) is 15.7. The molecule has 3 rings (SSSR count). The number of rotatable bonds is 6. The van der Waals surface area contributed by atoms with Crippen molar-refractivity contribution in [2.24, 2.45) is 5.92 Å². The predicted octanol–water partition coefficient (Wildman–Crippen LogP) is 2.68. The van der Waals surface area contributed by atoms with E-state index in [2.05, 4.69) is 39.5 Å². The van der Waals surface area contributed by atoms with Crippen LogP contribution in [-0.2, 0) is 17.9 Å². The van der Waals surface area contributed by atoms with Crippen molar-refractivity contribution in [3.63, 3.8) is 0 Å². The van der Waals surface area contributed by atoms with Crippen LogP contribution in [0.4, 0.5) is 5.82 Å². The second-order valence-electron chi connectivity index (χ2n) is 7.20. The van der Waals surface area contributed by atoms with Crippen molar-refractivity contribution in [2.45, 2.75) is 25.9 Å². The molecule has 1 atom stereocenters. The minimum Gasteiger partial charge on any atom is -0.363 e. The first-order chi connectivity index (χ1) is 12.6. The van der Waals surface area contributed by atoms with Gasteiger partial charge in [0.05, 0.1) is 5.92 Å². The van der Waals surface area contributed by atoms with Crippen molar-refractivity contribution in [3.05, 3.63) is 59.8 Å². The minimum absolute atomic E-state index is 0.0708. The number of carbonyl (C=O) groups excluding carboxylic acids is 1. The van der Waals surface area contributed by atoms with Crippen molar-refractivity contribution < 1.29 is 4.79 Å². The lowest BCUT2D eigenvalue weighted by Gasteiger charge is -2.32. The first-order valence-corrected chi connectivity index (χ1v) is 9.28. The van der Waals surface area contributed by atoms with E-state index in [4.69, 9.17) is 0 Å². The number of piperidine rings is 1. The Balaban J connectivity index is 1.49. The molecule has 26 heavy (non-hydrogen) atoms. The maximum atomic E-state index is 12.6. The number of carbonyl (C=O) groups is 1. The number of anilines is 1. The van der Waals surface area contributed by atoms with E-state index in [9.17, 15) is 4.79 Å². The first-order valence-electron chi connectivity index (χ1n) is 9.28. The van der Waals surface area contributed by atoms with Gasteiger partial charge in [0.2, 0.25) is 5.91 Å². The smallest absolute Gasteiger partial charge is 0.224 e. The minimum atomic E-state index is 0.0708. The molecule has 2 heterocycles. The third kappa shape index (κ3) is 5.05. The van der Waals surface area contributed by atoms with E-state index in [0.717, 1.165) is 43.9 Å². The van der Waals surface area contributed by atoms with Crippen LogP contribution in [0.25, 0.3) is 0 Å². The average Bonchev–Trinajstić information content (AvgIpc) is 2.67. The topological polar surface area (TPSA) is 48.5 Å². The number of nitrogens with zero attached hydrogens (tertiary/aromatic N) is 3. The monoisotopic (exact) mass is 352 g/mol. The third-order valence-electron chi connectivity index (χ3n) is 4.86. The lowest BCUT2D eigenvalue weighted by Crippen LogP contribution is -2.42. The van der Waals surface area contributed by atoms with E-state index in [-0.39, 0.29) is 11.8 Å². The summed E-state index contributed by atoms with van der Waals surface area (Å²) in [5.74, 6) is 1.14. The van der Waals surface area contributed by atoms with Gasteiger partial charge in [0.25, 0.3) is 0 Å². The van der Waals surface area contributed by atoms with Gasteiger partial charge in [-0.1, -0.05) is 36.4 Å². The van der Waals surface area contributed by atoms with Crippen LogP contribution >= 0.6 is 0 Å². The molecule has 1 fully saturated rings. The van der Waals surface area contributed by atoms with E-state index in [1.165, 1.54) is 5.56 Å². The summed E-state index contributed by atoms with van der Waals surface area (Å²) in [7, 11) is 3.93. The Kier molecular flexibility index (Phi) is 6.23. The fourth-order valence-electron chi connectivity index (χ4n) is 3.37. The SMILES string of the molecule is CN(C)c1ccc(CNC(=O)C2CCCN(Cc3ccccc3)C2)cn1. The van der Waals surface area contributed by atoms with E-state index < -0.39 is 0 Å². The summed E-state index contributed by atoms with van der Waals surface area (Å²) in [6, 6.07) is 14.5. The zero-order valence-corrected chi connectivity index (χ0v) is 15.7. The van der Waals surface area contributed by atoms with Crippen LogP contribution in [0.1, 0.15) is 24.0 Å². The molecule has 0 aliphatic carbocycles. The molecule has 0 radical (unpaired) electrons. The molecule has 1 amide bonds. The molecular formula is C21H28N4O. The Morgan fingerprint density at radius 1 is 1.19 bits per heavy atom. The zero-order chi connectivity index (χ0) is 18.4. The van der Waals surface area contributed by atoms with Crippen molar-refractivity contribution in [2.75, 3.05) is 32.1 Å². The molecule has 1 unspecified atom stereocenters. The fraction of sp³-hybridized carbons (Fsp3) is 0.429. The van der Waals surface area contributed by atoms with Crippen LogP contribution in [0.5, 0.6) is 0 Å². The molecule has 1 N–H and O–H groups in total. The second kappa shape index (κ2) is 8.81. The van der Waals surface area contributed by atoms with Gasteiger partial charge in [-0.2, -0.15) is 0 Å². The van der Waals surface area contributed by atoms with Gasteiger partial charge >= 0.3 is 0 Å². The highest BCUT2D eigenvalue weighted by atomic mass is 16.1. The summed E-state index contributed by atoms with van der Waals surface area (Å²) >= 11 is 0. The highest BCUT2D eigenvalue weighted by Crippen LogP contribution is 2.19. The van der Waals surface area contributed by atoms with E-state index in [0.29, 0.717) is 6.54 Å². The van der Waals surface area contributed by atoms with Crippen molar-refractivity contribution in [1.82, 2.24) is 15.2 Å². The molecule has 5 heteroatoms. The lowest BCUT2D eigenvalue weighted by molar-refractivity contribution is -0.126. The Labute approximate surface area is 156 Å². The van der Waals surface area contributed by atoms with Gasteiger partial charge in [0.1, 0.15) is 5.82 Å². The second-order valence-corrected chi connectivity index (χ2v) is 7.20. The van der Waals surface area contributed by atoms with Gasteiger partial charge in [-0.05, 0) is 36.6 Å². The summed E-state index contributed by atoms with van der Waals surface area (Å²) in [6.45, 7) is 3.35. The van der Waals surface area contributed by atoms with Crippen LogP contribution in [0, 0.1) is 5.92 Å². The third-order valence-corrected chi connectivity index (χ3v) is 4.86. The summed E-state index contributed by atoms with van der Waals surface area (Å²) < 4.78 is 0. The standard InChI is InChI=1S/C21H28N4O/c1-24(2)20-11-10-18(13-22-20)14-23-21(26)19-9-6-12-25(16-19)15-17-7-4-3-5-8-17/h3-5,7-8,10-11,13,19H,6,9,12,14-16H2,1-2H3,(H,23,26). The number of pyridine rings is 1. The fourth-order valence-corrected chi connectivity index (χ4v) is 3.37. The summed E-state index contributed by atoms with van der Waals surface area (Å²) in [4.78, 5) is 21.3. The molecule has 138 valence electrons. The molecule has 0 bridgehead atoms. The molecule has 1 aromatic heterocycles. The first kappa shape index (κ1) is 18.4. The number of likely N-dealkylation sites (tertiary alicyclic amines) is 1. The van der Waals surface area contributed by atoms with Gasteiger partial charge < -0.3 is 10.2 Å². The molecule has 1 aromatic carbocycles. The molecule has 1 saturated heterocycles. The highest BCUT2D eigenvalue weighted by Gasteiger charge is 2.25. The molecule has 5 nitrogen and oxygen atoms in total. The van der Waals surface area contributed by atoms with Crippen LogP contribution in [0.2, 0.25) is 0 Å². The molecular weight excluding hydrogens is 324 g/mol. The van der Waals surface area contributed by atoms with Gasteiger partial charge in [0, 0.05) is 39.9 Å². The molecule has 0 spiro atoms. The quantitative estimate of drug-likeness (QED) is 0.868. The number of nitrogens with one attached hydrogen (secondary N) is 1. The number of benzene rings is 1. The molecule has 2 aromatic rings. The molecule has 1 aliphatic rings. The van der Waals surface area contributed by atoms with E-state index in [1.807, 2.05) is 43.4 Å². The Morgan fingerprint density at radius 3 is 2.69 bits per heavy atom. The summed E-state index contributed by atoms with van der Waals surface area (Å²) in [5, 5.41) is 3.08. The Hall–Kier alpha value is -2.40. The van der Waals surface area contributed by atoms with Crippen LogP contribution in [0.15, 0.2) is 48.7 Å². The van der Waals surface area contributed by atoms with Gasteiger partial charge in [-0.15, -0.1) is 0 Å². The molecule has 0 saturated carbocycles. The van der Waals surface area contributed by atoms with Crippen LogP contribution < -0.4 is 10.2 Å². The maximum Gasteiger partial charge on any atom is 0.224 e. The molecule has 1 aliphatic heterocycles. The number of hydrogen-bond acceptors (Lipinski definition) is 4. The van der Waals surface area contributed by atoms with Crippen molar-refractivity contribution >= 4 is 11.7 Å².